The maximum atomic E-state index is 13.4. The summed E-state index contributed by atoms with van der Waals surface area (Å²) in [5, 5.41) is 0. The van der Waals surface area contributed by atoms with Crippen molar-refractivity contribution in [2.45, 2.75) is 13.0 Å². The van der Waals surface area contributed by atoms with Crippen molar-refractivity contribution >= 4 is 11.8 Å². The molecule has 0 radical (unpaired) electrons. The fourth-order valence-electron chi connectivity index (χ4n) is 3.63. The highest BCUT2D eigenvalue weighted by atomic mass is 19.1. The van der Waals surface area contributed by atoms with Crippen LogP contribution in [0, 0.1) is 5.82 Å². The summed E-state index contributed by atoms with van der Waals surface area (Å²) in [6.45, 7) is 6.32. The van der Waals surface area contributed by atoms with E-state index in [-0.39, 0.29) is 17.9 Å². The van der Waals surface area contributed by atoms with Crippen molar-refractivity contribution in [3.63, 3.8) is 0 Å². The minimum atomic E-state index is -0.350. The first-order chi connectivity index (χ1) is 14.1. The summed E-state index contributed by atoms with van der Waals surface area (Å²) in [5.41, 5.74) is 0.491. The maximum Gasteiger partial charge on any atom is 0.341 e. The Labute approximate surface area is 169 Å². The molecule has 0 spiro atoms. The van der Waals surface area contributed by atoms with Gasteiger partial charge >= 0.3 is 5.97 Å². The van der Waals surface area contributed by atoms with Gasteiger partial charge in [0.25, 0.3) is 0 Å². The molecule has 7 nitrogen and oxygen atoms in total. The van der Waals surface area contributed by atoms with Crippen molar-refractivity contribution in [3.8, 4) is 11.5 Å². The third kappa shape index (κ3) is 4.42. The van der Waals surface area contributed by atoms with Crippen LogP contribution in [0.25, 0.3) is 0 Å². The summed E-state index contributed by atoms with van der Waals surface area (Å²) in [5.74, 6) is 1.000. The number of hydrogen-bond donors (Lipinski definition) is 0. The number of aromatic nitrogens is 1. The largest absolute Gasteiger partial charge is 0.486 e. The van der Waals surface area contributed by atoms with Gasteiger partial charge in [0.05, 0.1) is 6.61 Å². The maximum absolute atomic E-state index is 13.4. The molecule has 0 amide bonds. The van der Waals surface area contributed by atoms with Crippen LogP contribution in [0.3, 0.4) is 0 Å². The van der Waals surface area contributed by atoms with Crippen LogP contribution in [0.4, 0.5) is 10.2 Å². The minimum Gasteiger partial charge on any atom is -0.486 e. The molecule has 4 rings (SSSR count). The van der Waals surface area contributed by atoms with Crippen molar-refractivity contribution in [2.75, 3.05) is 50.8 Å². The lowest BCUT2D eigenvalue weighted by Crippen LogP contribution is -2.51. The summed E-state index contributed by atoms with van der Waals surface area (Å²) < 4.78 is 30.2. The monoisotopic (exact) mass is 401 g/mol. The quantitative estimate of drug-likeness (QED) is 0.713. The van der Waals surface area contributed by atoms with Gasteiger partial charge in [-0.25, -0.2) is 14.2 Å². The van der Waals surface area contributed by atoms with Gasteiger partial charge in [-0.3, -0.25) is 4.90 Å². The zero-order chi connectivity index (χ0) is 20.2. The van der Waals surface area contributed by atoms with E-state index in [1.807, 2.05) is 0 Å². The number of pyridine rings is 1. The molecule has 1 aromatic heterocycles. The van der Waals surface area contributed by atoms with E-state index >= 15 is 0 Å². The molecule has 2 aromatic rings. The van der Waals surface area contributed by atoms with Crippen LogP contribution < -0.4 is 14.4 Å². The predicted octanol–water partition coefficient (Wildman–Crippen LogP) is 2.36. The van der Waals surface area contributed by atoms with Gasteiger partial charge in [0.2, 0.25) is 0 Å². The summed E-state index contributed by atoms with van der Waals surface area (Å²) in [6.07, 6.45) is 1.54. The van der Waals surface area contributed by atoms with E-state index in [0.717, 1.165) is 26.2 Å². The Morgan fingerprint density at radius 2 is 2.07 bits per heavy atom. The molecule has 0 bridgehead atoms. The first-order valence-electron chi connectivity index (χ1n) is 9.82. The number of ether oxygens (including phenoxy) is 3. The van der Waals surface area contributed by atoms with Crippen LogP contribution in [0.2, 0.25) is 0 Å². The first-order valence-corrected chi connectivity index (χ1v) is 9.82. The lowest BCUT2D eigenvalue weighted by atomic mass is 10.2. The normalized spacial score (nSPS) is 19.1. The molecule has 8 heteroatoms. The number of nitrogens with zero attached hydrogens (tertiary/aromatic N) is 3. The van der Waals surface area contributed by atoms with Gasteiger partial charge in [0.15, 0.2) is 11.5 Å². The second kappa shape index (κ2) is 8.65. The third-order valence-corrected chi connectivity index (χ3v) is 5.04. The molecule has 2 aliphatic heterocycles. The zero-order valence-corrected chi connectivity index (χ0v) is 16.3. The van der Waals surface area contributed by atoms with E-state index in [1.165, 1.54) is 12.1 Å². The van der Waals surface area contributed by atoms with Crippen LogP contribution >= 0.6 is 0 Å². The molecule has 3 heterocycles. The molecule has 0 saturated carbocycles. The van der Waals surface area contributed by atoms with E-state index < -0.39 is 0 Å². The Hall–Kier alpha value is -2.87. The highest BCUT2D eigenvalue weighted by Crippen LogP contribution is 2.32. The molecule has 1 atom stereocenters. The average Bonchev–Trinajstić information content (AvgIpc) is 2.74. The van der Waals surface area contributed by atoms with E-state index in [2.05, 4.69) is 14.8 Å². The average molecular weight is 401 g/mol. The fourth-order valence-corrected chi connectivity index (χ4v) is 3.63. The highest BCUT2D eigenvalue weighted by Gasteiger charge is 2.27. The Morgan fingerprint density at radius 1 is 1.24 bits per heavy atom. The highest BCUT2D eigenvalue weighted by molar-refractivity contribution is 5.94. The number of carbonyl (C=O) groups is 1. The van der Waals surface area contributed by atoms with Gasteiger partial charge in [0.1, 0.15) is 29.9 Å². The van der Waals surface area contributed by atoms with Crippen LogP contribution in [0.5, 0.6) is 11.5 Å². The smallest absolute Gasteiger partial charge is 0.341 e. The van der Waals surface area contributed by atoms with Crippen molar-refractivity contribution in [1.82, 2.24) is 9.88 Å². The molecular formula is C21H24FN3O4. The zero-order valence-electron chi connectivity index (χ0n) is 16.3. The number of hydrogen-bond acceptors (Lipinski definition) is 7. The van der Waals surface area contributed by atoms with Crippen molar-refractivity contribution in [3.05, 3.63) is 47.9 Å². The second-order valence-corrected chi connectivity index (χ2v) is 7.02. The van der Waals surface area contributed by atoms with Crippen molar-refractivity contribution in [1.29, 1.82) is 0 Å². The van der Waals surface area contributed by atoms with Crippen LogP contribution in [-0.4, -0.2) is 67.9 Å². The molecule has 1 unspecified atom stereocenters. The fraction of sp³-hybridized carbons (Fsp3) is 0.429. The lowest BCUT2D eigenvalue weighted by Gasteiger charge is -2.38. The first kappa shape index (κ1) is 19.4. The molecule has 154 valence electrons. The molecular weight excluding hydrogens is 377 g/mol. The van der Waals surface area contributed by atoms with E-state index in [0.29, 0.717) is 42.6 Å². The number of esters is 1. The summed E-state index contributed by atoms with van der Waals surface area (Å²) in [4.78, 5) is 21.0. The number of halogens is 1. The number of anilines is 1. The molecule has 0 N–H and O–H groups in total. The standard InChI is InChI=1S/C21H24FN3O4/c1-2-27-21(26)17-4-3-7-23-20(17)25-10-8-24(9-11-25)13-16-14-28-18-6-5-15(22)12-19(18)29-16/h3-7,12,16H,2,8-11,13-14H2,1H3. The Kier molecular flexibility index (Phi) is 5.80. The Morgan fingerprint density at radius 3 is 2.86 bits per heavy atom. The van der Waals surface area contributed by atoms with E-state index in [1.54, 1.807) is 31.3 Å². The van der Waals surface area contributed by atoms with Gasteiger partial charge < -0.3 is 19.1 Å². The molecule has 0 aliphatic carbocycles. The van der Waals surface area contributed by atoms with Crippen molar-refractivity contribution < 1.29 is 23.4 Å². The Bertz CT molecular complexity index is 871. The van der Waals surface area contributed by atoms with Gasteiger partial charge in [-0.05, 0) is 31.2 Å². The SMILES string of the molecule is CCOC(=O)c1cccnc1N1CCN(CC2COc3ccc(F)cc3O2)CC1. The van der Waals surface area contributed by atoms with E-state index in [9.17, 15) is 9.18 Å². The van der Waals surface area contributed by atoms with Crippen LogP contribution in [0.15, 0.2) is 36.5 Å². The van der Waals surface area contributed by atoms with Gasteiger partial charge in [-0.1, -0.05) is 0 Å². The second-order valence-electron chi connectivity index (χ2n) is 7.02. The minimum absolute atomic E-state index is 0.152. The summed E-state index contributed by atoms with van der Waals surface area (Å²) in [7, 11) is 0. The number of carbonyl (C=O) groups excluding carboxylic acids is 1. The van der Waals surface area contributed by atoms with Gasteiger partial charge in [-0.2, -0.15) is 0 Å². The van der Waals surface area contributed by atoms with Crippen molar-refractivity contribution in [2.24, 2.45) is 0 Å². The number of benzene rings is 1. The van der Waals surface area contributed by atoms with Crippen LogP contribution in [0.1, 0.15) is 17.3 Å². The summed E-state index contributed by atoms with van der Waals surface area (Å²) in [6, 6.07) is 7.80. The Balaban J connectivity index is 1.34. The molecule has 1 aromatic carbocycles. The topological polar surface area (TPSA) is 64.1 Å². The molecule has 2 aliphatic rings. The predicted molar refractivity (Wildman–Crippen MR) is 105 cm³/mol. The molecule has 1 saturated heterocycles. The summed E-state index contributed by atoms with van der Waals surface area (Å²) >= 11 is 0. The molecule has 29 heavy (non-hydrogen) atoms. The van der Waals surface area contributed by atoms with Crippen LogP contribution in [-0.2, 0) is 4.74 Å². The number of piperazine rings is 1. The number of rotatable bonds is 5. The third-order valence-electron chi connectivity index (χ3n) is 5.04. The number of fused-ring (bicyclic) bond motifs is 1. The molecule has 1 fully saturated rings. The van der Waals surface area contributed by atoms with E-state index in [4.69, 9.17) is 14.2 Å². The lowest BCUT2D eigenvalue weighted by molar-refractivity contribution is 0.0525. The van der Waals surface area contributed by atoms with Gasteiger partial charge in [0, 0.05) is 45.0 Å². The van der Waals surface area contributed by atoms with Gasteiger partial charge in [-0.15, -0.1) is 0 Å².